The standard InChI is InChI=1S/C10H14ClNOS/c1-14(13)6-5-12-8-9-3-2-4-10(11)7-9/h2-4,7,12H,5-6,8H2,1H3/t14-/m0/s1. The lowest BCUT2D eigenvalue weighted by Gasteiger charge is -2.03. The van der Waals surface area contributed by atoms with E-state index < -0.39 is 10.8 Å². The number of benzene rings is 1. The monoisotopic (exact) mass is 231 g/mol. The number of nitrogens with one attached hydrogen (secondary N) is 1. The molecule has 1 aromatic carbocycles. The molecule has 0 radical (unpaired) electrons. The molecule has 1 rings (SSSR count). The second-order valence-electron chi connectivity index (χ2n) is 3.08. The highest BCUT2D eigenvalue weighted by Gasteiger charge is 1.94. The maximum Gasteiger partial charge on any atom is 0.0409 e. The summed E-state index contributed by atoms with van der Waals surface area (Å²) >= 11 is 5.83. The summed E-state index contributed by atoms with van der Waals surface area (Å²) in [7, 11) is -0.716. The average molecular weight is 232 g/mol. The zero-order chi connectivity index (χ0) is 10.4. The summed E-state index contributed by atoms with van der Waals surface area (Å²) in [4.78, 5) is 0. The first-order chi connectivity index (χ1) is 6.68. The Hall–Kier alpha value is -0.380. The van der Waals surface area contributed by atoms with Crippen molar-refractivity contribution >= 4 is 22.4 Å². The normalized spacial score (nSPS) is 12.7. The minimum atomic E-state index is -0.716. The molecule has 0 saturated carbocycles. The summed E-state index contributed by atoms with van der Waals surface area (Å²) in [5.41, 5.74) is 1.15. The quantitative estimate of drug-likeness (QED) is 0.784. The van der Waals surface area contributed by atoms with Crippen molar-refractivity contribution in [2.24, 2.45) is 0 Å². The topological polar surface area (TPSA) is 29.1 Å². The van der Waals surface area contributed by atoms with Gasteiger partial charge in [0, 0.05) is 40.9 Å². The lowest BCUT2D eigenvalue weighted by atomic mass is 10.2. The van der Waals surface area contributed by atoms with E-state index in [1.807, 2.05) is 24.3 Å². The Balaban J connectivity index is 2.28. The van der Waals surface area contributed by atoms with Crippen LogP contribution in [0.4, 0.5) is 0 Å². The number of hydrogen-bond acceptors (Lipinski definition) is 2. The van der Waals surface area contributed by atoms with Crippen LogP contribution < -0.4 is 5.32 Å². The molecular formula is C10H14ClNOS. The zero-order valence-electron chi connectivity index (χ0n) is 8.13. The zero-order valence-corrected chi connectivity index (χ0v) is 9.70. The number of halogens is 1. The molecule has 1 atom stereocenters. The minimum Gasteiger partial charge on any atom is -0.312 e. The first-order valence-electron chi connectivity index (χ1n) is 4.43. The molecule has 0 saturated heterocycles. The fourth-order valence-corrected chi connectivity index (χ4v) is 1.74. The van der Waals surface area contributed by atoms with Gasteiger partial charge in [-0.1, -0.05) is 23.7 Å². The summed E-state index contributed by atoms with van der Waals surface area (Å²) < 4.78 is 10.8. The van der Waals surface area contributed by atoms with E-state index in [1.54, 1.807) is 6.26 Å². The van der Waals surface area contributed by atoms with Gasteiger partial charge in [-0.2, -0.15) is 0 Å². The lowest BCUT2D eigenvalue weighted by Crippen LogP contribution is -2.19. The molecule has 2 nitrogen and oxygen atoms in total. The van der Waals surface area contributed by atoms with Gasteiger partial charge in [-0.15, -0.1) is 0 Å². The summed E-state index contributed by atoms with van der Waals surface area (Å²) in [5, 5.41) is 3.96. The molecule has 1 N–H and O–H groups in total. The minimum absolute atomic E-state index is 0.695. The molecule has 4 heteroatoms. The van der Waals surface area contributed by atoms with Gasteiger partial charge in [0.1, 0.15) is 0 Å². The summed E-state index contributed by atoms with van der Waals surface area (Å²) in [6, 6.07) is 7.72. The van der Waals surface area contributed by atoms with E-state index in [1.165, 1.54) is 0 Å². The largest absolute Gasteiger partial charge is 0.312 e. The van der Waals surface area contributed by atoms with E-state index in [9.17, 15) is 4.21 Å². The van der Waals surface area contributed by atoms with E-state index in [0.29, 0.717) is 5.75 Å². The van der Waals surface area contributed by atoms with Gasteiger partial charge >= 0.3 is 0 Å². The van der Waals surface area contributed by atoms with Gasteiger partial charge in [0.15, 0.2) is 0 Å². The third-order valence-electron chi connectivity index (χ3n) is 1.78. The molecule has 0 unspecified atom stereocenters. The molecule has 0 spiro atoms. The first-order valence-corrected chi connectivity index (χ1v) is 6.54. The molecule has 0 aliphatic rings. The Kier molecular flexibility index (Phi) is 5.15. The predicted octanol–water partition coefficient (Wildman–Crippen LogP) is 1.81. The van der Waals surface area contributed by atoms with E-state index in [2.05, 4.69) is 5.32 Å². The molecule has 1 aromatic rings. The summed E-state index contributed by atoms with van der Waals surface area (Å²) in [6.45, 7) is 1.55. The highest BCUT2D eigenvalue weighted by molar-refractivity contribution is 7.84. The van der Waals surface area contributed by atoms with Gasteiger partial charge in [0.25, 0.3) is 0 Å². The van der Waals surface area contributed by atoms with Crippen LogP contribution in [0.15, 0.2) is 24.3 Å². The van der Waals surface area contributed by atoms with Crippen LogP contribution in [0.1, 0.15) is 5.56 Å². The molecule has 0 aliphatic carbocycles. The van der Waals surface area contributed by atoms with Crippen LogP contribution in [-0.4, -0.2) is 22.8 Å². The van der Waals surface area contributed by atoms with Crippen LogP contribution >= 0.6 is 11.6 Å². The van der Waals surface area contributed by atoms with Crippen molar-refractivity contribution in [3.05, 3.63) is 34.9 Å². The van der Waals surface area contributed by atoms with Gasteiger partial charge in [0.05, 0.1) is 0 Å². The Morgan fingerprint density at radius 2 is 2.29 bits per heavy atom. The number of hydrogen-bond donors (Lipinski definition) is 1. The number of rotatable bonds is 5. The van der Waals surface area contributed by atoms with Crippen LogP contribution in [0.3, 0.4) is 0 Å². The molecule has 0 aromatic heterocycles. The average Bonchev–Trinajstić information content (AvgIpc) is 2.12. The molecule has 0 heterocycles. The lowest BCUT2D eigenvalue weighted by molar-refractivity contribution is 0.676. The van der Waals surface area contributed by atoms with Crippen molar-refractivity contribution in [2.75, 3.05) is 18.6 Å². The SMILES string of the molecule is C[S@](=O)CCNCc1cccc(Cl)c1. The van der Waals surface area contributed by atoms with Gasteiger partial charge in [-0.3, -0.25) is 4.21 Å². The van der Waals surface area contributed by atoms with Gasteiger partial charge in [0.2, 0.25) is 0 Å². The highest BCUT2D eigenvalue weighted by atomic mass is 35.5. The van der Waals surface area contributed by atoms with E-state index in [-0.39, 0.29) is 0 Å². The molecule has 78 valence electrons. The second-order valence-corrected chi connectivity index (χ2v) is 5.08. The Labute approximate surface area is 92.1 Å². The van der Waals surface area contributed by atoms with Crippen LogP contribution in [0.25, 0.3) is 0 Å². The van der Waals surface area contributed by atoms with Crippen LogP contribution in [0, 0.1) is 0 Å². The van der Waals surface area contributed by atoms with Crippen molar-refractivity contribution in [1.29, 1.82) is 0 Å². The van der Waals surface area contributed by atoms with Gasteiger partial charge in [-0.05, 0) is 17.7 Å². The molecular weight excluding hydrogens is 218 g/mol. The molecule has 0 amide bonds. The maximum atomic E-state index is 10.8. The third kappa shape index (κ3) is 4.74. The summed E-state index contributed by atoms with van der Waals surface area (Å²) in [5.74, 6) is 0.695. The van der Waals surface area contributed by atoms with Crippen molar-refractivity contribution in [3.63, 3.8) is 0 Å². The van der Waals surface area contributed by atoms with Gasteiger partial charge in [-0.25, -0.2) is 0 Å². The van der Waals surface area contributed by atoms with E-state index in [4.69, 9.17) is 11.6 Å². The van der Waals surface area contributed by atoms with Crippen LogP contribution in [-0.2, 0) is 17.3 Å². The second kappa shape index (κ2) is 6.17. The van der Waals surface area contributed by atoms with Crippen LogP contribution in [0.5, 0.6) is 0 Å². The Morgan fingerprint density at radius 1 is 1.50 bits per heavy atom. The maximum absolute atomic E-state index is 10.8. The Morgan fingerprint density at radius 3 is 2.93 bits per heavy atom. The van der Waals surface area contributed by atoms with Crippen molar-refractivity contribution in [2.45, 2.75) is 6.54 Å². The summed E-state index contributed by atoms with van der Waals surface area (Å²) in [6.07, 6.45) is 1.71. The van der Waals surface area contributed by atoms with E-state index in [0.717, 1.165) is 23.7 Å². The molecule has 0 fully saturated rings. The van der Waals surface area contributed by atoms with Gasteiger partial charge < -0.3 is 5.32 Å². The smallest absolute Gasteiger partial charge is 0.0409 e. The molecule has 0 aliphatic heterocycles. The fourth-order valence-electron chi connectivity index (χ4n) is 1.10. The molecule has 0 bridgehead atoms. The van der Waals surface area contributed by atoms with Crippen molar-refractivity contribution < 1.29 is 4.21 Å². The predicted molar refractivity (Wildman–Crippen MR) is 62.1 cm³/mol. The molecule has 14 heavy (non-hydrogen) atoms. The first kappa shape index (κ1) is 11.7. The fraction of sp³-hybridized carbons (Fsp3) is 0.400. The van der Waals surface area contributed by atoms with E-state index >= 15 is 0 Å². The van der Waals surface area contributed by atoms with Crippen LogP contribution in [0.2, 0.25) is 5.02 Å². The highest BCUT2D eigenvalue weighted by Crippen LogP contribution is 2.09. The van der Waals surface area contributed by atoms with Crippen molar-refractivity contribution in [1.82, 2.24) is 5.32 Å². The third-order valence-corrected chi connectivity index (χ3v) is 2.80. The van der Waals surface area contributed by atoms with Crippen molar-refractivity contribution in [3.8, 4) is 0 Å². The Bertz CT molecular complexity index is 317.